The van der Waals surface area contributed by atoms with Gasteiger partial charge in [0.15, 0.2) is 5.50 Å². The third-order valence-corrected chi connectivity index (χ3v) is 7.65. The number of amides is 1. The lowest BCUT2D eigenvalue weighted by Crippen LogP contribution is -2.43. The normalized spacial score (nSPS) is 19.1. The number of fused-ring (bicyclic) bond motifs is 3. The van der Waals surface area contributed by atoms with Gasteiger partial charge in [-0.1, -0.05) is 30.0 Å². The van der Waals surface area contributed by atoms with Crippen molar-refractivity contribution >= 4 is 45.3 Å². The second-order valence-corrected chi connectivity index (χ2v) is 10.2. The molecule has 0 aliphatic carbocycles. The molecule has 1 unspecified atom stereocenters. The molecule has 2 aliphatic heterocycles. The minimum atomic E-state index is -0.206. The van der Waals surface area contributed by atoms with Gasteiger partial charge in [-0.15, -0.1) is 0 Å². The third kappa shape index (κ3) is 4.65. The highest BCUT2D eigenvalue weighted by atomic mass is 32.2. The molecule has 8 heteroatoms. The van der Waals surface area contributed by atoms with Crippen LogP contribution in [0.2, 0.25) is 0 Å². The number of aromatic nitrogens is 2. The molecule has 2 aromatic heterocycles. The first-order valence-corrected chi connectivity index (χ1v) is 12.9. The van der Waals surface area contributed by atoms with Crippen molar-refractivity contribution in [2.75, 3.05) is 33.2 Å². The smallest absolute Gasteiger partial charge is 0.253 e. The van der Waals surface area contributed by atoms with Crippen molar-refractivity contribution in [1.29, 1.82) is 0 Å². The molecule has 1 amide bonds. The van der Waals surface area contributed by atoms with Crippen LogP contribution in [0.1, 0.15) is 21.5 Å². The molecule has 3 N–H and O–H groups in total. The number of likely N-dealkylation sites (N-methyl/N-ethyl adjacent to an activating group) is 1. The molecule has 1 fully saturated rings. The Morgan fingerprint density at radius 3 is 2.74 bits per heavy atom. The summed E-state index contributed by atoms with van der Waals surface area (Å²) in [6, 6.07) is 18.3. The Balaban J connectivity index is 1.08. The van der Waals surface area contributed by atoms with Crippen molar-refractivity contribution in [1.82, 2.24) is 30.4 Å². The molecule has 1 atom stereocenters. The molecular formula is C27H28N6OS. The van der Waals surface area contributed by atoms with E-state index in [0.29, 0.717) is 5.56 Å². The molecule has 4 aromatic rings. The van der Waals surface area contributed by atoms with Crippen molar-refractivity contribution in [3.8, 4) is 0 Å². The van der Waals surface area contributed by atoms with Crippen LogP contribution in [0.25, 0.3) is 27.6 Å². The predicted molar refractivity (Wildman–Crippen MR) is 143 cm³/mol. The molecule has 2 aromatic carbocycles. The second-order valence-electron chi connectivity index (χ2n) is 9.23. The number of hydrogen-bond donors (Lipinski definition) is 3. The number of aromatic amines is 1. The number of thioether (sulfide) groups is 1. The van der Waals surface area contributed by atoms with Gasteiger partial charge in [0.2, 0.25) is 0 Å². The SMILES string of the molecule is CN1CCN(Cc2ccc(C(=O)NC3NC(c4ccc5[nH]c6ncccc6c5c4)=CS3)cc2)CC1. The van der Waals surface area contributed by atoms with E-state index in [9.17, 15) is 4.79 Å². The van der Waals surface area contributed by atoms with E-state index in [-0.39, 0.29) is 11.4 Å². The van der Waals surface area contributed by atoms with Crippen molar-refractivity contribution in [3.05, 3.63) is 82.9 Å². The predicted octanol–water partition coefficient (Wildman–Crippen LogP) is 3.81. The Labute approximate surface area is 208 Å². The van der Waals surface area contributed by atoms with E-state index in [1.807, 2.05) is 18.2 Å². The van der Waals surface area contributed by atoms with Gasteiger partial charge in [0, 0.05) is 60.8 Å². The Kier molecular flexibility index (Phi) is 5.93. The number of rotatable bonds is 5. The topological polar surface area (TPSA) is 76.3 Å². The highest BCUT2D eigenvalue weighted by molar-refractivity contribution is 8.03. The van der Waals surface area contributed by atoms with Gasteiger partial charge >= 0.3 is 0 Å². The second kappa shape index (κ2) is 9.37. The molecule has 35 heavy (non-hydrogen) atoms. The number of nitrogens with one attached hydrogen (secondary N) is 3. The number of carbonyl (C=O) groups is 1. The zero-order chi connectivity index (χ0) is 23.8. The van der Waals surface area contributed by atoms with E-state index in [0.717, 1.165) is 65.9 Å². The lowest BCUT2D eigenvalue weighted by Gasteiger charge is -2.32. The van der Waals surface area contributed by atoms with Gasteiger partial charge in [-0.2, -0.15) is 0 Å². The molecule has 0 spiro atoms. The van der Waals surface area contributed by atoms with Crippen LogP contribution in [-0.2, 0) is 6.54 Å². The van der Waals surface area contributed by atoms with Crippen molar-refractivity contribution in [3.63, 3.8) is 0 Å². The lowest BCUT2D eigenvalue weighted by atomic mass is 10.1. The molecule has 0 radical (unpaired) electrons. The number of benzene rings is 2. The first-order valence-electron chi connectivity index (χ1n) is 11.9. The van der Waals surface area contributed by atoms with E-state index in [4.69, 9.17) is 0 Å². The van der Waals surface area contributed by atoms with Crippen molar-refractivity contribution in [2.45, 2.75) is 12.0 Å². The number of nitrogens with zero attached hydrogens (tertiary/aromatic N) is 3. The summed E-state index contributed by atoms with van der Waals surface area (Å²) in [5, 5.41) is 10.8. The monoisotopic (exact) mass is 484 g/mol. The van der Waals surface area contributed by atoms with Crippen LogP contribution in [0.3, 0.4) is 0 Å². The van der Waals surface area contributed by atoms with E-state index in [2.05, 4.69) is 79.3 Å². The molecule has 178 valence electrons. The summed E-state index contributed by atoms with van der Waals surface area (Å²) in [5.41, 5.74) is 5.75. The van der Waals surface area contributed by atoms with Crippen molar-refractivity contribution in [2.24, 2.45) is 0 Å². The summed E-state index contributed by atoms with van der Waals surface area (Å²) in [6.45, 7) is 5.32. The first kappa shape index (κ1) is 22.2. The number of pyridine rings is 1. The van der Waals surface area contributed by atoms with Gasteiger partial charge < -0.3 is 20.5 Å². The summed E-state index contributed by atoms with van der Waals surface area (Å²) < 4.78 is 0. The fourth-order valence-corrected chi connectivity index (χ4v) is 5.53. The van der Waals surface area contributed by atoms with Gasteiger partial charge in [0.25, 0.3) is 5.91 Å². The standard InChI is InChI=1S/C27H28N6OS/c1-32-11-13-33(14-12-32)16-18-4-6-19(7-5-18)26(34)31-27-30-24(17-35-27)20-8-9-23-22(15-20)21-3-2-10-28-25(21)29-23/h2-10,15,17,27,30H,11-14,16H2,1H3,(H,28,29)(H,31,34). The third-order valence-electron chi connectivity index (χ3n) is 6.77. The van der Waals surface area contributed by atoms with Gasteiger partial charge in [0.05, 0.1) is 5.70 Å². The molecule has 2 aliphatic rings. The molecule has 6 rings (SSSR count). The van der Waals surface area contributed by atoms with Crippen LogP contribution < -0.4 is 10.6 Å². The Bertz CT molecular complexity index is 1400. The first-order chi connectivity index (χ1) is 17.1. The zero-order valence-corrected chi connectivity index (χ0v) is 20.4. The summed E-state index contributed by atoms with van der Waals surface area (Å²) in [6.07, 6.45) is 1.80. The highest BCUT2D eigenvalue weighted by Crippen LogP contribution is 2.31. The molecule has 7 nitrogen and oxygen atoms in total. The zero-order valence-electron chi connectivity index (χ0n) is 19.6. The van der Waals surface area contributed by atoms with Crippen LogP contribution in [0, 0.1) is 0 Å². The highest BCUT2D eigenvalue weighted by Gasteiger charge is 2.21. The lowest BCUT2D eigenvalue weighted by molar-refractivity contribution is 0.0948. The Morgan fingerprint density at radius 1 is 1.09 bits per heavy atom. The number of carbonyl (C=O) groups excluding carboxylic acids is 1. The molecule has 1 saturated heterocycles. The van der Waals surface area contributed by atoms with Crippen LogP contribution in [0.15, 0.2) is 66.2 Å². The van der Waals surface area contributed by atoms with Gasteiger partial charge in [-0.05, 0) is 60.0 Å². The van der Waals surface area contributed by atoms with E-state index in [1.54, 1.807) is 18.0 Å². The Morgan fingerprint density at radius 2 is 1.91 bits per heavy atom. The van der Waals surface area contributed by atoms with Crippen LogP contribution in [-0.4, -0.2) is 64.4 Å². The quantitative estimate of drug-likeness (QED) is 0.400. The van der Waals surface area contributed by atoms with Gasteiger partial charge in [-0.3, -0.25) is 9.69 Å². The summed E-state index contributed by atoms with van der Waals surface area (Å²) in [5.74, 6) is -0.0750. The van der Waals surface area contributed by atoms with Crippen LogP contribution in [0.4, 0.5) is 0 Å². The molecule has 0 bridgehead atoms. The fraction of sp³-hybridized carbons (Fsp3) is 0.259. The number of piperazine rings is 1. The van der Waals surface area contributed by atoms with E-state index < -0.39 is 0 Å². The summed E-state index contributed by atoms with van der Waals surface area (Å²) in [7, 11) is 2.17. The summed E-state index contributed by atoms with van der Waals surface area (Å²) >= 11 is 1.57. The maximum atomic E-state index is 12.9. The molecule has 0 saturated carbocycles. The minimum absolute atomic E-state index is 0.0750. The minimum Gasteiger partial charge on any atom is -0.356 e. The van der Waals surface area contributed by atoms with Crippen LogP contribution in [0.5, 0.6) is 0 Å². The average Bonchev–Trinajstić information content (AvgIpc) is 3.50. The van der Waals surface area contributed by atoms with Crippen LogP contribution >= 0.6 is 11.8 Å². The molecule has 4 heterocycles. The maximum absolute atomic E-state index is 12.9. The van der Waals surface area contributed by atoms with Crippen molar-refractivity contribution < 1.29 is 4.79 Å². The largest absolute Gasteiger partial charge is 0.356 e. The number of H-pyrrole nitrogens is 1. The maximum Gasteiger partial charge on any atom is 0.253 e. The number of hydrogen-bond acceptors (Lipinski definition) is 6. The van der Waals surface area contributed by atoms with E-state index in [1.165, 1.54) is 5.56 Å². The average molecular weight is 485 g/mol. The van der Waals surface area contributed by atoms with E-state index >= 15 is 0 Å². The molecular weight excluding hydrogens is 456 g/mol. The summed E-state index contributed by atoms with van der Waals surface area (Å²) in [4.78, 5) is 25.4. The van der Waals surface area contributed by atoms with Gasteiger partial charge in [-0.25, -0.2) is 4.98 Å². The fourth-order valence-electron chi connectivity index (χ4n) is 4.69. The van der Waals surface area contributed by atoms with Gasteiger partial charge in [0.1, 0.15) is 5.65 Å². The Hall–Kier alpha value is -3.33.